The minimum absolute atomic E-state index is 0.127. The third-order valence-corrected chi connectivity index (χ3v) is 3.04. The van der Waals surface area contributed by atoms with Crippen LogP contribution in [0.4, 0.5) is 0 Å². The lowest BCUT2D eigenvalue weighted by Crippen LogP contribution is -1.99. The summed E-state index contributed by atoms with van der Waals surface area (Å²) in [6.45, 7) is 1.60. The number of carbonyl (C=O) groups excluding carboxylic acids is 1. The molecule has 0 spiro atoms. The quantitative estimate of drug-likeness (QED) is 0.618. The first-order chi connectivity index (χ1) is 5.79. The molecule has 3 heteroatoms. The molecule has 0 fully saturated rings. The molecular formula is C9H9NOS. The van der Waals surface area contributed by atoms with Gasteiger partial charge in [0, 0.05) is 29.5 Å². The van der Waals surface area contributed by atoms with Gasteiger partial charge in [-0.1, -0.05) is 0 Å². The summed E-state index contributed by atoms with van der Waals surface area (Å²) < 4.78 is 0. The number of fused-ring (bicyclic) bond motifs is 1. The molecule has 2 heterocycles. The molecule has 1 aromatic rings. The van der Waals surface area contributed by atoms with Crippen molar-refractivity contribution in [2.75, 3.05) is 0 Å². The Morgan fingerprint density at radius 1 is 1.50 bits per heavy atom. The largest absolute Gasteiger partial charge is 0.294 e. The van der Waals surface area contributed by atoms with Crippen molar-refractivity contribution < 1.29 is 4.79 Å². The number of aromatic nitrogens is 1. The van der Waals surface area contributed by atoms with Crippen LogP contribution in [-0.2, 0) is 11.5 Å². The summed E-state index contributed by atoms with van der Waals surface area (Å²) in [5.41, 5.74) is 3.23. The average molecular weight is 179 g/mol. The minimum atomic E-state index is 0.127. The number of hydrogen-bond acceptors (Lipinski definition) is 3. The van der Waals surface area contributed by atoms with Crippen LogP contribution in [0.5, 0.6) is 0 Å². The van der Waals surface area contributed by atoms with Crippen molar-refractivity contribution in [1.82, 2.24) is 4.98 Å². The molecule has 0 aromatic carbocycles. The molecule has 0 bridgehead atoms. The molecule has 1 aromatic heterocycles. The van der Waals surface area contributed by atoms with E-state index >= 15 is 0 Å². The van der Waals surface area contributed by atoms with E-state index in [4.69, 9.17) is 0 Å². The lowest BCUT2D eigenvalue weighted by Gasteiger charge is -2.01. The van der Waals surface area contributed by atoms with Crippen molar-refractivity contribution in [3.05, 3.63) is 29.1 Å². The number of carbonyl (C=O) groups is 1. The van der Waals surface area contributed by atoms with E-state index in [1.807, 2.05) is 18.0 Å². The highest BCUT2D eigenvalue weighted by atomic mass is 32.2. The van der Waals surface area contributed by atoms with Crippen molar-refractivity contribution >= 4 is 17.5 Å². The highest BCUT2D eigenvalue weighted by Gasteiger charge is 2.17. The molecule has 0 N–H and O–H groups in total. The molecule has 12 heavy (non-hydrogen) atoms. The summed E-state index contributed by atoms with van der Waals surface area (Å²) in [5.74, 6) is 2.10. The highest BCUT2D eigenvalue weighted by Crippen LogP contribution is 2.31. The van der Waals surface area contributed by atoms with Gasteiger partial charge in [0.1, 0.15) is 0 Å². The summed E-state index contributed by atoms with van der Waals surface area (Å²) >= 11 is 1.84. The summed E-state index contributed by atoms with van der Waals surface area (Å²) in [7, 11) is 0. The molecule has 1 aliphatic rings. The van der Waals surface area contributed by atoms with E-state index in [0.29, 0.717) is 0 Å². The molecule has 0 aliphatic carbocycles. The first-order valence-electron chi connectivity index (χ1n) is 3.83. The zero-order chi connectivity index (χ0) is 8.55. The summed E-state index contributed by atoms with van der Waals surface area (Å²) in [6.07, 6.45) is 3.54. The maximum Gasteiger partial charge on any atom is 0.161 e. The maximum atomic E-state index is 11.2. The van der Waals surface area contributed by atoms with Crippen LogP contribution in [-0.4, -0.2) is 10.8 Å². The normalized spacial score (nSPS) is 14.4. The second-order valence-electron chi connectivity index (χ2n) is 2.87. The van der Waals surface area contributed by atoms with Crippen LogP contribution in [0, 0.1) is 0 Å². The van der Waals surface area contributed by atoms with Crippen molar-refractivity contribution in [3.8, 4) is 0 Å². The van der Waals surface area contributed by atoms with Crippen LogP contribution in [0.3, 0.4) is 0 Å². The Morgan fingerprint density at radius 3 is 3.08 bits per heavy atom. The van der Waals surface area contributed by atoms with E-state index in [-0.39, 0.29) is 5.78 Å². The molecule has 0 unspecified atom stereocenters. The third-order valence-electron chi connectivity index (χ3n) is 2.03. The molecule has 62 valence electrons. The Kier molecular flexibility index (Phi) is 1.89. The number of nitrogens with zero attached hydrogens (tertiary/aromatic N) is 1. The SMILES string of the molecule is CC(=O)c1cncc2c1CSC2. The maximum absolute atomic E-state index is 11.2. The number of pyridine rings is 1. The Labute approximate surface area is 75.4 Å². The number of thioether (sulfide) groups is 1. The molecule has 0 amide bonds. The Hall–Kier alpha value is -0.830. The molecule has 0 saturated heterocycles. The zero-order valence-corrected chi connectivity index (χ0v) is 7.65. The van der Waals surface area contributed by atoms with Gasteiger partial charge in [0.2, 0.25) is 0 Å². The van der Waals surface area contributed by atoms with Gasteiger partial charge in [-0.2, -0.15) is 11.8 Å². The van der Waals surface area contributed by atoms with Gasteiger partial charge < -0.3 is 0 Å². The van der Waals surface area contributed by atoms with Crippen LogP contribution in [0.2, 0.25) is 0 Å². The van der Waals surface area contributed by atoms with E-state index in [9.17, 15) is 4.79 Å². The summed E-state index contributed by atoms with van der Waals surface area (Å²) in [5, 5.41) is 0. The fourth-order valence-electron chi connectivity index (χ4n) is 1.39. The van der Waals surface area contributed by atoms with Crippen LogP contribution < -0.4 is 0 Å². The smallest absolute Gasteiger partial charge is 0.161 e. The Balaban J connectivity index is 2.56. The standard InChI is InChI=1S/C9H9NOS/c1-6(11)8-3-10-2-7-4-12-5-9(7)8/h2-3H,4-5H2,1H3. The molecule has 2 rings (SSSR count). The van der Waals surface area contributed by atoms with E-state index < -0.39 is 0 Å². The fourth-order valence-corrected chi connectivity index (χ4v) is 2.51. The van der Waals surface area contributed by atoms with Crippen molar-refractivity contribution in [2.24, 2.45) is 0 Å². The number of hydrogen-bond donors (Lipinski definition) is 0. The van der Waals surface area contributed by atoms with E-state index in [2.05, 4.69) is 4.98 Å². The number of rotatable bonds is 1. The second-order valence-corrected chi connectivity index (χ2v) is 3.86. The van der Waals surface area contributed by atoms with Gasteiger partial charge in [-0.05, 0) is 18.1 Å². The van der Waals surface area contributed by atoms with Gasteiger partial charge in [0.25, 0.3) is 0 Å². The molecule has 0 radical (unpaired) electrons. The van der Waals surface area contributed by atoms with E-state index in [1.54, 1.807) is 13.1 Å². The molecule has 0 saturated carbocycles. The number of Topliss-reactive ketones (excluding diaryl/α,β-unsaturated/α-hetero) is 1. The molecule has 1 aliphatic heterocycles. The third kappa shape index (κ3) is 1.14. The molecule has 2 nitrogen and oxygen atoms in total. The Bertz CT molecular complexity index is 335. The minimum Gasteiger partial charge on any atom is -0.294 e. The fraction of sp³-hybridized carbons (Fsp3) is 0.333. The lowest BCUT2D eigenvalue weighted by atomic mass is 10.1. The molecule has 0 atom stereocenters. The van der Waals surface area contributed by atoms with Crippen LogP contribution in [0.1, 0.15) is 28.4 Å². The zero-order valence-electron chi connectivity index (χ0n) is 6.83. The molecular weight excluding hydrogens is 170 g/mol. The van der Waals surface area contributed by atoms with Gasteiger partial charge in [0.05, 0.1) is 0 Å². The second kappa shape index (κ2) is 2.90. The topological polar surface area (TPSA) is 30.0 Å². The number of ketones is 1. The average Bonchev–Trinajstić information content (AvgIpc) is 2.49. The van der Waals surface area contributed by atoms with E-state index in [1.165, 1.54) is 11.1 Å². The highest BCUT2D eigenvalue weighted by molar-refractivity contribution is 7.98. The first kappa shape index (κ1) is 7.80. The van der Waals surface area contributed by atoms with Crippen LogP contribution in [0.25, 0.3) is 0 Å². The Morgan fingerprint density at radius 2 is 2.33 bits per heavy atom. The van der Waals surface area contributed by atoms with Crippen LogP contribution >= 0.6 is 11.8 Å². The summed E-state index contributed by atoms with van der Waals surface area (Å²) in [4.78, 5) is 15.2. The van der Waals surface area contributed by atoms with Crippen LogP contribution in [0.15, 0.2) is 12.4 Å². The lowest BCUT2D eigenvalue weighted by molar-refractivity contribution is 0.101. The predicted octanol–water partition coefficient (Wildman–Crippen LogP) is 2.03. The van der Waals surface area contributed by atoms with Gasteiger partial charge in [0.15, 0.2) is 5.78 Å². The predicted molar refractivity (Wildman–Crippen MR) is 49.2 cm³/mol. The monoisotopic (exact) mass is 179 g/mol. The van der Waals surface area contributed by atoms with Crippen molar-refractivity contribution in [1.29, 1.82) is 0 Å². The van der Waals surface area contributed by atoms with Gasteiger partial charge in [-0.25, -0.2) is 0 Å². The van der Waals surface area contributed by atoms with Gasteiger partial charge >= 0.3 is 0 Å². The summed E-state index contributed by atoms with van der Waals surface area (Å²) in [6, 6.07) is 0. The van der Waals surface area contributed by atoms with E-state index in [0.717, 1.165) is 17.1 Å². The first-order valence-corrected chi connectivity index (χ1v) is 4.99. The van der Waals surface area contributed by atoms with Crippen molar-refractivity contribution in [2.45, 2.75) is 18.4 Å². The van der Waals surface area contributed by atoms with Crippen molar-refractivity contribution in [3.63, 3.8) is 0 Å². The van der Waals surface area contributed by atoms with Gasteiger partial charge in [-0.3, -0.25) is 9.78 Å². The van der Waals surface area contributed by atoms with Gasteiger partial charge in [-0.15, -0.1) is 0 Å².